The molecule has 3 rings (SSSR count). The molecule has 1 aliphatic rings. The maximum absolute atomic E-state index is 13.0. The SMILES string of the molecule is Fc1ccc(COc2ccc3c(c2)OCO3)c(Br)c1. The Morgan fingerprint density at radius 1 is 1.11 bits per heavy atom. The first kappa shape index (κ1) is 12.3. The summed E-state index contributed by atoms with van der Waals surface area (Å²) < 4.78 is 29.8. The summed E-state index contributed by atoms with van der Waals surface area (Å²) in [4.78, 5) is 0. The van der Waals surface area contributed by atoms with Gasteiger partial charge in [0.1, 0.15) is 18.2 Å². The predicted molar refractivity (Wildman–Crippen MR) is 71.0 cm³/mol. The Bertz CT molecular complexity index is 616. The summed E-state index contributed by atoms with van der Waals surface area (Å²) in [6.07, 6.45) is 0. The fourth-order valence-electron chi connectivity index (χ4n) is 1.77. The molecular formula is C14H10BrFO3. The normalized spacial score (nSPS) is 12.5. The lowest BCUT2D eigenvalue weighted by atomic mass is 10.2. The lowest BCUT2D eigenvalue weighted by Crippen LogP contribution is -1.97. The fourth-order valence-corrected chi connectivity index (χ4v) is 2.23. The van der Waals surface area contributed by atoms with Gasteiger partial charge in [0.2, 0.25) is 6.79 Å². The van der Waals surface area contributed by atoms with Crippen LogP contribution < -0.4 is 14.2 Å². The maximum Gasteiger partial charge on any atom is 0.231 e. The van der Waals surface area contributed by atoms with Crippen LogP contribution in [0.2, 0.25) is 0 Å². The van der Waals surface area contributed by atoms with Crippen molar-refractivity contribution in [3.05, 3.63) is 52.3 Å². The first-order chi connectivity index (χ1) is 9.22. The van der Waals surface area contributed by atoms with Crippen molar-refractivity contribution in [1.29, 1.82) is 0 Å². The van der Waals surface area contributed by atoms with E-state index in [1.807, 2.05) is 6.07 Å². The average molecular weight is 325 g/mol. The number of ether oxygens (including phenoxy) is 3. The Kier molecular flexibility index (Phi) is 3.29. The molecule has 0 N–H and O–H groups in total. The predicted octanol–water partition coefficient (Wildman–Crippen LogP) is 3.90. The van der Waals surface area contributed by atoms with Crippen LogP contribution in [-0.4, -0.2) is 6.79 Å². The molecule has 2 aromatic rings. The van der Waals surface area contributed by atoms with Crippen molar-refractivity contribution < 1.29 is 18.6 Å². The van der Waals surface area contributed by atoms with Gasteiger partial charge in [0, 0.05) is 16.1 Å². The minimum Gasteiger partial charge on any atom is -0.489 e. The van der Waals surface area contributed by atoms with E-state index in [-0.39, 0.29) is 12.6 Å². The first-order valence-corrected chi connectivity index (χ1v) is 6.48. The van der Waals surface area contributed by atoms with E-state index in [2.05, 4.69) is 15.9 Å². The standard InChI is InChI=1S/C14H10BrFO3/c15-12-5-10(16)2-1-9(12)7-17-11-3-4-13-14(6-11)19-8-18-13/h1-6H,7-8H2. The van der Waals surface area contributed by atoms with E-state index >= 15 is 0 Å². The molecule has 0 fully saturated rings. The van der Waals surface area contributed by atoms with Crippen LogP contribution in [0.5, 0.6) is 17.2 Å². The van der Waals surface area contributed by atoms with Gasteiger partial charge in [0.05, 0.1) is 0 Å². The topological polar surface area (TPSA) is 27.7 Å². The molecule has 0 atom stereocenters. The summed E-state index contributed by atoms with van der Waals surface area (Å²) in [7, 11) is 0. The van der Waals surface area contributed by atoms with Gasteiger partial charge < -0.3 is 14.2 Å². The summed E-state index contributed by atoms with van der Waals surface area (Å²) in [5.41, 5.74) is 0.874. The minimum absolute atomic E-state index is 0.238. The zero-order valence-electron chi connectivity index (χ0n) is 9.86. The Morgan fingerprint density at radius 3 is 2.79 bits per heavy atom. The van der Waals surface area contributed by atoms with Gasteiger partial charge in [-0.05, 0) is 24.3 Å². The van der Waals surface area contributed by atoms with Gasteiger partial charge in [-0.3, -0.25) is 0 Å². The van der Waals surface area contributed by atoms with Crippen LogP contribution in [0.1, 0.15) is 5.56 Å². The van der Waals surface area contributed by atoms with E-state index in [0.29, 0.717) is 22.6 Å². The van der Waals surface area contributed by atoms with E-state index < -0.39 is 0 Å². The molecule has 0 bridgehead atoms. The second kappa shape index (κ2) is 5.09. The molecule has 5 heteroatoms. The van der Waals surface area contributed by atoms with Gasteiger partial charge in [-0.15, -0.1) is 0 Å². The number of hydrogen-bond acceptors (Lipinski definition) is 3. The summed E-state index contributed by atoms with van der Waals surface area (Å²) in [6.45, 7) is 0.586. The van der Waals surface area contributed by atoms with Crippen molar-refractivity contribution in [1.82, 2.24) is 0 Å². The molecule has 1 heterocycles. The number of halogens is 2. The highest BCUT2D eigenvalue weighted by molar-refractivity contribution is 9.10. The Morgan fingerprint density at radius 2 is 1.95 bits per heavy atom. The lowest BCUT2D eigenvalue weighted by molar-refractivity contribution is 0.173. The number of benzene rings is 2. The zero-order chi connectivity index (χ0) is 13.2. The molecule has 0 unspecified atom stereocenters. The fraction of sp³-hybridized carbons (Fsp3) is 0.143. The monoisotopic (exact) mass is 324 g/mol. The molecule has 0 aromatic heterocycles. The number of fused-ring (bicyclic) bond motifs is 1. The molecule has 0 saturated heterocycles. The molecule has 0 aliphatic carbocycles. The van der Waals surface area contributed by atoms with Gasteiger partial charge in [0.25, 0.3) is 0 Å². The van der Waals surface area contributed by atoms with Crippen molar-refractivity contribution >= 4 is 15.9 Å². The first-order valence-electron chi connectivity index (χ1n) is 5.69. The van der Waals surface area contributed by atoms with Gasteiger partial charge in [-0.25, -0.2) is 4.39 Å². The molecule has 0 radical (unpaired) electrons. The van der Waals surface area contributed by atoms with Crippen LogP contribution in [0.15, 0.2) is 40.9 Å². The second-order valence-electron chi connectivity index (χ2n) is 4.04. The van der Waals surface area contributed by atoms with Gasteiger partial charge in [-0.2, -0.15) is 0 Å². The molecule has 0 saturated carbocycles. The smallest absolute Gasteiger partial charge is 0.231 e. The van der Waals surface area contributed by atoms with E-state index in [9.17, 15) is 4.39 Å². The highest BCUT2D eigenvalue weighted by Gasteiger charge is 2.13. The minimum atomic E-state index is -0.279. The molecule has 0 amide bonds. The van der Waals surface area contributed by atoms with E-state index in [4.69, 9.17) is 14.2 Å². The maximum atomic E-state index is 13.0. The van der Waals surface area contributed by atoms with Crippen LogP contribution in [0.4, 0.5) is 4.39 Å². The van der Waals surface area contributed by atoms with E-state index in [1.54, 1.807) is 18.2 Å². The van der Waals surface area contributed by atoms with Crippen LogP contribution in [-0.2, 0) is 6.61 Å². The lowest BCUT2D eigenvalue weighted by Gasteiger charge is -2.08. The Labute approximate surface area is 118 Å². The molecule has 1 aliphatic heterocycles. The van der Waals surface area contributed by atoms with Crippen molar-refractivity contribution in [2.45, 2.75) is 6.61 Å². The zero-order valence-corrected chi connectivity index (χ0v) is 11.4. The van der Waals surface area contributed by atoms with Gasteiger partial charge in [-0.1, -0.05) is 22.0 Å². The largest absolute Gasteiger partial charge is 0.489 e. The van der Waals surface area contributed by atoms with Crippen LogP contribution in [0, 0.1) is 5.82 Å². The molecule has 2 aromatic carbocycles. The summed E-state index contributed by atoms with van der Waals surface area (Å²) >= 11 is 3.31. The quantitative estimate of drug-likeness (QED) is 0.857. The highest BCUT2D eigenvalue weighted by atomic mass is 79.9. The molecule has 19 heavy (non-hydrogen) atoms. The van der Waals surface area contributed by atoms with Crippen molar-refractivity contribution in [3.8, 4) is 17.2 Å². The van der Waals surface area contributed by atoms with E-state index in [1.165, 1.54) is 12.1 Å². The second-order valence-corrected chi connectivity index (χ2v) is 4.89. The van der Waals surface area contributed by atoms with Crippen molar-refractivity contribution in [2.75, 3.05) is 6.79 Å². The molecule has 98 valence electrons. The third-order valence-corrected chi connectivity index (χ3v) is 3.49. The number of rotatable bonds is 3. The highest BCUT2D eigenvalue weighted by Crippen LogP contribution is 2.35. The Hall–Kier alpha value is -1.75. The summed E-state index contributed by atoms with van der Waals surface area (Å²) in [5, 5.41) is 0. The van der Waals surface area contributed by atoms with Crippen molar-refractivity contribution in [3.63, 3.8) is 0 Å². The van der Waals surface area contributed by atoms with Crippen molar-refractivity contribution in [2.24, 2.45) is 0 Å². The van der Waals surface area contributed by atoms with E-state index in [0.717, 1.165) is 11.3 Å². The Balaban J connectivity index is 1.72. The van der Waals surface area contributed by atoms with Gasteiger partial charge >= 0.3 is 0 Å². The third kappa shape index (κ3) is 2.66. The van der Waals surface area contributed by atoms with Crippen LogP contribution in [0.25, 0.3) is 0 Å². The third-order valence-electron chi connectivity index (χ3n) is 2.75. The summed E-state index contributed by atoms with van der Waals surface area (Å²) in [6, 6.07) is 9.90. The molecule has 3 nitrogen and oxygen atoms in total. The van der Waals surface area contributed by atoms with Gasteiger partial charge in [0.15, 0.2) is 11.5 Å². The average Bonchev–Trinajstić information content (AvgIpc) is 2.85. The van der Waals surface area contributed by atoms with Crippen LogP contribution >= 0.6 is 15.9 Å². The number of hydrogen-bond donors (Lipinski definition) is 0. The van der Waals surface area contributed by atoms with Crippen LogP contribution in [0.3, 0.4) is 0 Å². The molecular weight excluding hydrogens is 315 g/mol. The summed E-state index contributed by atoms with van der Waals surface area (Å²) in [5.74, 6) is 1.80. The molecule has 0 spiro atoms.